The van der Waals surface area contributed by atoms with Gasteiger partial charge in [-0.1, -0.05) is 28.4 Å². The molecule has 0 heterocycles. The number of carboxylic acid groups (broad SMARTS) is 1. The van der Waals surface area contributed by atoms with E-state index in [1.54, 1.807) is 0 Å². The average molecular weight is 340 g/mol. The molecule has 1 aliphatic rings. The van der Waals surface area contributed by atoms with Crippen LogP contribution in [-0.4, -0.2) is 17.0 Å². The van der Waals surface area contributed by atoms with Crippen LogP contribution in [0.25, 0.3) is 0 Å². The van der Waals surface area contributed by atoms with Gasteiger partial charge >= 0.3 is 5.97 Å². The average Bonchev–Trinajstić information content (AvgIpc) is 2.43. The van der Waals surface area contributed by atoms with Crippen LogP contribution >= 0.6 is 15.9 Å². The van der Waals surface area contributed by atoms with E-state index in [9.17, 15) is 9.59 Å². The summed E-state index contributed by atoms with van der Waals surface area (Å²) in [6.45, 7) is 1.93. The maximum absolute atomic E-state index is 12.3. The SMILES string of the molecule is Cc1ccc(Br)cc1NC(=O)C1CCCC(C(=O)O)C1. The van der Waals surface area contributed by atoms with Crippen LogP contribution < -0.4 is 5.32 Å². The van der Waals surface area contributed by atoms with Crippen molar-refractivity contribution in [1.29, 1.82) is 0 Å². The second-order valence-corrected chi connectivity index (χ2v) is 6.26. The first-order valence-corrected chi connectivity index (χ1v) is 7.56. The first kappa shape index (κ1) is 15.0. The number of amides is 1. The maximum atomic E-state index is 12.3. The molecule has 2 N–H and O–H groups in total. The highest BCUT2D eigenvalue weighted by molar-refractivity contribution is 9.10. The van der Waals surface area contributed by atoms with Crippen molar-refractivity contribution in [2.45, 2.75) is 32.6 Å². The number of nitrogens with one attached hydrogen (secondary N) is 1. The Labute approximate surface area is 126 Å². The van der Waals surface area contributed by atoms with Gasteiger partial charge in [-0.15, -0.1) is 0 Å². The van der Waals surface area contributed by atoms with Crippen molar-refractivity contribution in [2.24, 2.45) is 11.8 Å². The van der Waals surface area contributed by atoms with Gasteiger partial charge in [-0.3, -0.25) is 9.59 Å². The number of hydrogen-bond acceptors (Lipinski definition) is 2. The molecule has 1 amide bonds. The number of rotatable bonds is 3. The van der Waals surface area contributed by atoms with Crippen LogP contribution in [0.5, 0.6) is 0 Å². The molecule has 0 saturated heterocycles. The minimum atomic E-state index is -0.791. The number of aryl methyl sites for hydroxylation is 1. The molecule has 1 saturated carbocycles. The molecule has 1 fully saturated rings. The molecular weight excluding hydrogens is 322 g/mol. The number of anilines is 1. The summed E-state index contributed by atoms with van der Waals surface area (Å²) in [6, 6.07) is 5.72. The van der Waals surface area contributed by atoms with E-state index in [2.05, 4.69) is 21.2 Å². The van der Waals surface area contributed by atoms with Crippen molar-refractivity contribution in [3.63, 3.8) is 0 Å². The molecule has 20 heavy (non-hydrogen) atoms. The van der Waals surface area contributed by atoms with Crippen LogP contribution in [0.4, 0.5) is 5.69 Å². The molecule has 2 rings (SSSR count). The smallest absolute Gasteiger partial charge is 0.306 e. The number of halogens is 1. The Kier molecular flexibility index (Phi) is 4.81. The third-order valence-electron chi connectivity index (χ3n) is 3.85. The molecule has 108 valence electrons. The molecule has 2 unspecified atom stereocenters. The fraction of sp³-hybridized carbons (Fsp3) is 0.467. The lowest BCUT2D eigenvalue weighted by atomic mass is 9.81. The zero-order chi connectivity index (χ0) is 14.7. The highest BCUT2D eigenvalue weighted by atomic mass is 79.9. The first-order chi connectivity index (χ1) is 9.47. The summed E-state index contributed by atoms with van der Waals surface area (Å²) in [7, 11) is 0. The number of carboxylic acids is 1. The van der Waals surface area contributed by atoms with Crippen molar-refractivity contribution >= 4 is 33.5 Å². The van der Waals surface area contributed by atoms with Gasteiger partial charge in [0.15, 0.2) is 0 Å². The third kappa shape index (κ3) is 3.60. The van der Waals surface area contributed by atoms with Gasteiger partial charge in [-0.2, -0.15) is 0 Å². The molecule has 0 bridgehead atoms. The fourth-order valence-corrected chi connectivity index (χ4v) is 2.98. The Balaban J connectivity index is 2.04. The topological polar surface area (TPSA) is 66.4 Å². The predicted octanol–water partition coefficient (Wildman–Crippen LogP) is 3.59. The number of hydrogen-bond donors (Lipinski definition) is 2. The van der Waals surface area contributed by atoms with E-state index in [1.807, 2.05) is 25.1 Å². The molecule has 1 aliphatic carbocycles. The Morgan fingerprint density at radius 1 is 1.30 bits per heavy atom. The fourth-order valence-electron chi connectivity index (χ4n) is 2.62. The van der Waals surface area contributed by atoms with Crippen molar-refractivity contribution in [3.05, 3.63) is 28.2 Å². The predicted molar refractivity (Wildman–Crippen MR) is 80.6 cm³/mol. The second kappa shape index (κ2) is 6.39. The van der Waals surface area contributed by atoms with E-state index < -0.39 is 5.97 Å². The summed E-state index contributed by atoms with van der Waals surface area (Å²) in [5.74, 6) is -1.45. The molecule has 0 aliphatic heterocycles. The van der Waals surface area contributed by atoms with Crippen LogP contribution in [0.3, 0.4) is 0 Å². The number of carbonyl (C=O) groups is 2. The lowest BCUT2D eigenvalue weighted by Gasteiger charge is -2.26. The summed E-state index contributed by atoms with van der Waals surface area (Å²) in [5, 5.41) is 12.0. The standard InChI is InChI=1S/C15H18BrNO3/c1-9-5-6-12(16)8-13(9)17-14(18)10-3-2-4-11(7-10)15(19)20/h5-6,8,10-11H,2-4,7H2,1H3,(H,17,18)(H,19,20). The lowest BCUT2D eigenvalue weighted by molar-refractivity contribution is -0.143. The number of aliphatic carboxylic acids is 1. The zero-order valence-electron chi connectivity index (χ0n) is 11.4. The van der Waals surface area contributed by atoms with E-state index >= 15 is 0 Å². The Morgan fingerprint density at radius 2 is 2.00 bits per heavy atom. The number of carbonyl (C=O) groups excluding carboxylic acids is 1. The molecule has 0 spiro atoms. The van der Waals surface area contributed by atoms with Gasteiger partial charge in [0, 0.05) is 16.1 Å². The largest absolute Gasteiger partial charge is 0.481 e. The van der Waals surface area contributed by atoms with Gasteiger partial charge < -0.3 is 10.4 Å². The minimum absolute atomic E-state index is 0.0721. The molecule has 5 heteroatoms. The van der Waals surface area contributed by atoms with E-state index in [-0.39, 0.29) is 17.7 Å². The summed E-state index contributed by atoms with van der Waals surface area (Å²) < 4.78 is 0.908. The molecule has 1 aromatic rings. The summed E-state index contributed by atoms with van der Waals surface area (Å²) in [6.07, 6.45) is 2.68. The van der Waals surface area contributed by atoms with Crippen molar-refractivity contribution < 1.29 is 14.7 Å². The maximum Gasteiger partial charge on any atom is 0.306 e. The highest BCUT2D eigenvalue weighted by Gasteiger charge is 2.31. The van der Waals surface area contributed by atoms with Gasteiger partial charge in [0.05, 0.1) is 5.92 Å². The van der Waals surface area contributed by atoms with Gasteiger partial charge in [-0.25, -0.2) is 0 Å². The van der Waals surface area contributed by atoms with E-state index in [0.717, 1.165) is 28.6 Å². The molecule has 0 aromatic heterocycles. The summed E-state index contributed by atoms with van der Waals surface area (Å²) >= 11 is 3.38. The van der Waals surface area contributed by atoms with E-state index in [4.69, 9.17) is 5.11 Å². The van der Waals surface area contributed by atoms with Crippen LogP contribution in [0.1, 0.15) is 31.2 Å². The zero-order valence-corrected chi connectivity index (χ0v) is 12.9. The van der Waals surface area contributed by atoms with Gasteiger partial charge in [-0.05, 0) is 43.9 Å². The Morgan fingerprint density at radius 3 is 2.70 bits per heavy atom. The lowest BCUT2D eigenvalue weighted by Crippen LogP contribution is -2.31. The van der Waals surface area contributed by atoms with Crippen LogP contribution in [0.2, 0.25) is 0 Å². The summed E-state index contributed by atoms with van der Waals surface area (Å²) in [4.78, 5) is 23.3. The molecular formula is C15H18BrNO3. The van der Waals surface area contributed by atoms with Gasteiger partial charge in [0.2, 0.25) is 5.91 Å². The second-order valence-electron chi connectivity index (χ2n) is 5.35. The quantitative estimate of drug-likeness (QED) is 0.884. The Bertz CT molecular complexity index is 530. The van der Waals surface area contributed by atoms with Crippen LogP contribution in [-0.2, 0) is 9.59 Å². The molecule has 0 radical (unpaired) electrons. The molecule has 4 nitrogen and oxygen atoms in total. The normalized spacial score (nSPS) is 22.3. The van der Waals surface area contributed by atoms with Crippen molar-refractivity contribution in [3.8, 4) is 0 Å². The molecule has 2 atom stereocenters. The minimum Gasteiger partial charge on any atom is -0.481 e. The third-order valence-corrected chi connectivity index (χ3v) is 4.34. The van der Waals surface area contributed by atoms with E-state index in [0.29, 0.717) is 12.8 Å². The van der Waals surface area contributed by atoms with Crippen LogP contribution in [0, 0.1) is 18.8 Å². The Hall–Kier alpha value is -1.36. The summed E-state index contributed by atoms with van der Waals surface area (Å²) in [5.41, 5.74) is 1.77. The van der Waals surface area contributed by atoms with E-state index in [1.165, 1.54) is 0 Å². The van der Waals surface area contributed by atoms with Gasteiger partial charge in [0.1, 0.15) is 0 Å². The monoisotopic (exact) mass is 339 g/mol. The van der Waals surface area contributed by atoms with Gasteiger partial charge in [0.25, 0.3) is 0 Å². The van der Waals surface area contributed by atoms with Crippen molar-refractivity contribution in [1.82, 2.24) is 0 Å². The highest BCUT2D eigenvalue weighted by Crippen LogP contribution is 2.30. The molecule has 1 aromatic carbocycles. The van der Waals surface area contributed by atoms with Crippen molar-refractivity contribution in [2.75, 3.05) is 5.32 Å². The van der Waals surface area contributed by atoms with Crippen LogP contribution in [0.15, 0.2) is 22.7 Å². The first-order valence-electron chi connectivity index (χ1n) is 6.77. The number of benzene rings is 1.